The van der Waals surface area contributed by atoms with Crippen molar-refractivity contribution in [3.8, 4) is 6.07 Å². The molecule has 0 aliphatic heterocycles. The molecule has 5 atom stereocenters. The summed E-state index contributed by atoms with van der Waals surface area (Å²) in [6.45, 7) is 4.35. The Labute approximate surface area is 103 Å². The van der Waals surface area contributed by atoms with Crippen molar-refractivity contribution in [1.29, 1.82) is 5.26 Å². The summed E-state index contributed by atoms with van der Waals surface area (Å²) < 4.78 is 0. The van der Waals surface area contributed by atoms with E-state index in [1.807, 2.05) is 0 Å². The number of nitrogens with zero attached hydrogens (tertiary/aromatic N) is 1. The normalized spacial score (nSPS) is 53.0. The van der Waals surface area contributed by atoms with E-state index < -0.39 is 0 Å². The van der Waals surface area contributed by atoms with Gasteiger partial charge < -0.3 is 0 Å². The summed E-state index contributed by atoms with van der Waals surface area (Å²) in [7, 11) is 0. The van der Waals surface area contributed by atoms with Crippen LogP contribution in [0.2, 0.25) is 0 Å². The lowest BCUT2D eigenvalue weighted by atomic mass is 9.67. The first-order chi connectivity index (χ1) is 8.04. The van der Waals surface area contributed by atoms with Gasteiger partial charge in [0.1, 0.15) is 5.78 Å². The molecule has 0 amide bonds. The Morgan fingerprint density at radius 2 is 1.88 bits per heavy atom. The Balaban J connectivity index is 2.11. The summed E-state index contributed by atoms with van der Waals surface area (Å²) in [6, 6.07) is 2.55. The Kier molecular flexibility index (Phi) is 2.21. The summed E-state index contributed by atoms with van der Waals surface area (Å²) in [5, 5.41) is 9.64. The average Bonchev–Trinajstić information content (AvgIpc) is 2.75. The molecule has 3 aliphatic carbocycles. The van der Waals surface area contributed by atoms with Crippen molar-refractivity contribution >= 4 is 5.78 Å². The summed E-state index contributed by atoms with van der Waals surface area (Å²) >= 11 is 0. The predicted octanol–water partition coefficient (Wildman–Crippen LogP) is 3.32. The van der Waals surface area contributed by atoms with Crippen LogP contribution in [-0.4, -0.2) is 5.78 Å². The number of fused-ring (bicyclic) bond motifs is 3. The molecule has 3 fully saturated rings. The van der Waals surface area contributed by atoms with E-state index in [1.54, 1.807) is 0 Å². The molecule has 0 heterocycles. The van der Waals surface area contributed by atoms with Crippen LogP contribution in [0, 0.1) is 39.9 Å². The zero-order valence-corrected chi connectivity index (χ0v) is 10.8. The Hall–Kier alpha value is -0.840. The minimum Gasteiger partial charge on any atom is -0.299 e. The molecule has 2 heteroatoms. The van der Waals surface area contributed by atoms with Crippen LogP contribution in [0.3, 0.4) is 0 Å². The fraction of sp³-hybridized carbons (Fsp3) is 0.867. The quantitative estimate of drug-likeness (QED) is 0.641. The Bertz CT molecular complexity index is 410. The van der Waals surface area contributed by atoms with Crippen LogP contribution in [0.15, 0.2) is 0 Å². The van der Waals surface area contributed by atoms with Gasteiger partial charge in [0.05, 0.1) is 11.5 Å². The van der Waals surface area contributed by atoms with Gasteiger partial charge in [-0.05, 0) is 43.4 Å². The molecule has 3 aliphatic rings. The van der Waals surface area contributed by atoms with Crippen molar-refractivity contribution in [3.05, 3.63) is 0 Å². The molecule has 3 saturated carbocycles. The molecule has 0 saturated heterocycles. The number of Topliss-reactive ketones (excluding diaryl/α,β-unsaturated/α-hetero) is 1. The molecule has 0 aromatic heterocycles. The van der Waals surface area contributed by atoms with Crippen LogP contribution in [0.5, 0.6) is 0 Å². The van der Waals surface area contributed by atoms with Crippen molar-refractivity contribution in [2.75, 3.05) is 0 Å². The van der Waals surface area contributed by atoms with Gasteiger partial charge in [0.15, 0.2) is 0 Å². The summed E-state index contributed by atoms with van der Waals surface area (Å²) in [4.78, 5) is 12.2. The van der Waals surface area contributed by atoms with Gasteiger partial charge in [-0.1, -0.05) is 19.8 Å². The van der Waals surface area contributed by atoms with Gasteiger partial charge in [0.25, 0.3) is 0 Å². The molecule has 0 aromatic rings. The SMILES string of the molecule is CC1(C#N)C2CCCCC2C2(C)CCC(=O)C12. The zero-order chi connectivity index (χ0) is 12.3. The molecule has 92 valence electrons. The third-order valence-corrected chi connectivity index (χ3v) is 6.12. The maximum Gasteiger partial charge on any atom is 0.138 e. The van der Waals surface area contributed by atoms with E-state index in [2.05, 4.69) is 19.9 Å². The summed E-state index contributed by atoms with van der Waals surface area (Å²) in [5.74, 6) is 1.48. The molecule has 17 heavy (non-hydrogen) atoms. The maximum absolute atomic E-state index is 12.2. The topological polar surface area (TPSA) is 40.9 Å². The Morgan fingerprint density at radius 3 is 2.53 bits per heavy atom. The molecule has 0 bridgehead atoms. The highest BCUT2D eigenvalue weighted by Crippen LogP contribution is 2.69. The van der Waals surface area contributed by atoms with Gasteiger partial charge >= 0.3 is 0 Å². The van der Waals surface area contributed by atoms with Crippen LogP contribution in [0.4, 0.5) is 0 Å². The van der Waals surface area contributed by atoms with Gasteiger partial charge in [-0.15, -0.1) is 0 Å². The number of ketones is 1. The monoisotopic (exact) mass is 231 g/mol. The average molecular weight is 231 g/mol. The molecule has 0 spiro atoms. The van der Waals surface area contributed by atoms with Crippen molar-refractivity contribution in [2.24, 2.45) is 28.6 Å². The van der Waals surface area contributed by atoms with Gasteiger partial charge in [-0.25, -0.2) is 0 Å². The van der Waals surface area contributed by atoms with Crippen LogP contribution in [-0.2, 0) is 4.79 Å². The third-order valence-electron chi connectivity index (χ3n) is 6.12. The van der Waals surface area contributed by atoms with E-state index in [-0.39, 0.29) is 16.7 Å². The number of rotatable bonds is 0. The third kappa shape index (κ3) is 1.18. The standard InChI is InChI=1S/C15H21NO/c1-14-8-7-12(17)13(14)15(2,9-16)11-6-4-3-5-10(11)14/h10-11,13H,3-8H2,1-2H3. The van der Waals surface area contributed by atoms with E-state index in [1.165, 1.54) is 19.3 Å². The number of hydrogen-bond donors (Lipinski definition) is 0. The molecule has 0 N–H and O–H groups in total. The van der Waals surface area contributed by atoms with Gasteiger partial charge in [0, 0.05) is 12.3 Å². The lowest BCUT2D eigenvalue weighted by Gasteiger charge is -2.36. The Morgan fingerprint density at radius 1 is 1.24 bits per heavy atom. The second kappa shape index (κ2) is 3.34. The van der Waals surface area contributed by atoms with Crippen molar-refractivity contribution in [1.82, 2.24) is 0 Å². The number of carbonyl (C=O) groups is 1. The highest BCUT2D eigenvalue weighted by atomic mass is 16.1. The largest absolute Gasteiger partial charge is 0.299 e. The van der Waals surface area contributed by atoms with E-state index in [0.717, 1.165) is 12.8 Å². The highest BCUT2D eigenvalue weighted by molar-refractivity contribution is 5.86. The van der Waals surface area contributed by atoms with E-state index >= 15 is 0 Å². The lowest BCUT2D eigenvalue weighted by Crippen LogP contribution is -2.33. The summed E-state index contributed by atoms with van der Waals surface area (Å²) in [6.07, 6.45) is 6.67. The summed E-state index contributed by atoms with van der Waals surface area (Å²) in [5.41, 5.74) is -0.250. The molecular weight excluding hydrogens is 210 g/mol. The maximum atomic E-state index is 12.2. The zero-order valence-electron chi connectivity index (χ0n) is 10.8. The molecular formula is C15H21NO. The van der Waals surface area contributed by atoms with Crippen molar-refractivity contribution in [2.45, 2.75) is 52.4 Å². The molecule has 0 aromatic carbocycles. The smallest absolute Gasteiger partial charge is 0.138 e. The molecule has 0 radical (unpaired) electrons. The van der Waals surface area contributed by atoms with Crippen LogP contribution < -0.4 is 0 Å². The fourth-order valence-corrected chi connectivity index (χ4v) is 5.47. The number of nitriles is 1. The first kappa shape index (κ1) is 11.3. The molecule has 3 rings (SSSR count). The first-order valence-corrected chi connectivity index (χ1v) is 6.98. The second-order valence-corrected chi connectivity index (χ2v) is 6.80. The number of carbonyl (C=O) groups excluding carboxylic acids is 1. The second-order valence-electron chi connectivity index (χ2n) is 6.80. The minimum absolute atomic E-state index is 0.0214. The minimum atomic E-state index is -0.382. The van der Waals surface area contributed by atoms with Gasteiger partial charge in [-0.2, -0.15) is 5.26 Å². The van der Waals surface area contributed by atoms with Crippen LogP contribution in [0.25, 0.3) is 0 Å². The fourth-order valence-electron chi connectivity index (χ4n) is 5.47. The van der Waals surface area contributed by atoms with E-state index in [0.29, 0.717) is 24.0 Å². The van der Waals surface area contributed by atoms with Crippen LogP contribution >= 0.6 is 0 Å². The van der Waals surface area contributed by atoms with Crippen LogP contribution in [0.1, 0.15) is 52.4 Å². The van der Waals surface area contributed by atoms with Crippen molar-refractivity contribution < 1.29 is 4.79 Å². The molecule has 5 unspecified atom stereocenters. The van der Waals surface area contributed by atoms with E-state index in [4.69, 9.17) is 0 Å². The molecule has 2 nitrogen and oxygen atoms in total. The number of hydrogen-bond acceptors (Lipinski definition) is 2. The highest BCUT2D eigenvalue weighted by Gasteiger charge is 2.68. The van der Waals surface area contributed by atoms with Gasteiger partial charge in [0.2, 0.25) is 0 Å². The lowest BCUT2D eigenvalue weighted by molar-refractivity contribution is -0.124. The first-order valence-electron chi connectivity index (χ1n) is 6.98. The van der Waals surface area contributed by atoms with E-state index in [9.17, 15) is 10.1 Å². The van der Waals surface area contributed by atoms with Gasteiger partial charge in [-0.3, -0.25) is 4.79 Å². The van der Waals surface area contributed by atoms with Crippen molar-refractivity contribution in [3.63, 3.8) is 0 Å². The predicted molar refractivity (Wildman–Crippen MR) is 65.0 cm³/mol.